The predicted octanol–water partition coefficient (Wildman–Crippen LogP) is 2.08. The Balaban J connectivity index is 3.71. The van der Waals surface area contributed by atoms with Crippen molar-refractivity contribution in [3.63, 3.8) is 0 Å². The van der Waals surface area contributed by atoms with Gasteiger partial charge in [0, 0.05) is 0 Å². The molecule has 2 atom stereocenters. The van der Waals surface area contributed by atoms with Crippen molar-refractivity contribution in [1.29, 1.82) is 0 Å². The maximum Gasteiger partial charge on any atom is 0.414 e. The molecule has 0 spiro atoms. The fourth-order valence-corrected chi connectivity index (χ4v) is 0.899. The number of halogens is 3. The van der Waals surface area contributed by atoms with Crippen molar-refractivity contribution in [2.75, 3.05) is 6.54 Å². The van der Waals surface area contributed by atoms with E-state index in [1.54, 1.807) is 6.92 Å². The number of ether oxygens (including phenoxy) is 1. The van der Waals surface area contributed by atoms with Crippen LogP contribution in [0.3, 0.4) is 0 Å². The van der Waals surface area contributed by atoms with Crippen LogP contribution in [0.15, 0.2) is 0 Å². The van der Waals surface area contributed by atoms with Gasteiger partial charge in [-0.25, -0.2) is 0 Å². The number of rotatable bonds is 5. The van der Waals surface area contributed by atoms with Crippen LogP contribution in [0.4, 0.5) is 13.2 Å². The first-order chi connectivity index (χ1) is 5.88. The van der Waals surface area contributed by atoms with Gasteiger partial charge in [-0.05, 0) is 33.2 Å². The molecule has 0 rings (SSSR count). The van der Waals surface area contributed by atoms with E-state index >= 15 is 0 Å². The molecule has 0 saturated carbocycles. The molecule has 0 fully saturated rings. The minimum Gasteiger partial charge on any atom is -0.366 e. The molecule has 2 N–H and O–H groups in total. The van der Waals surface area contributed by atoms with Gasteiger partial charge in [0.2, 0.25) is 0 Å². The third kappa shape index (κ3) is 5.87. The molecule has 0 aliphatic rings. The van der Waals surface area contributed by atoms with Gasteiger partial charge in [-0.2, -0.15) is 13.2 Å². The summed E-state index contributed by atoms with van der Waals surface area (Å²) in [6.07, 6.45) is -5.10. The zero-order chi connectivity index (χ0) is 10.5. The van der Waals surface area contributed by atoms with E-state index in [2.05, 4.69) is 0 Å². The van der Waals surface area contributed by atoms with Gasteiger partial charge in [-0.1, -0.05) is 0 Å². The van der Waals surface area contributed by atoms with Crippen LogP contribution in [0.5, 0.6) is 0 Å². The normalized spacial score (nSPS) is 17.1. The molecule has 0 aromatic carbocycles. The number of alkyl halides is 3. The highest BCUT2D eigenvalue weighted by Crippen LogP contribution is 2.23. The molecule has 13 heavy (non-hydrogen) atoms. The van der Waals surface area contributed by atoms with Crippen molar-refractivity contribution >= 4 is 0 Å². The minimum atomic E-state index is -4.27. The topological polar surface area (TPSA) is 35.2 Å². The minimum absolute atomic E-state index is 0.389. The van der Waals surface area contributed by atoms with Crippen molar-refractivity contribution in [3.8, 4) is 0 Å². The Labute approximate surface area is 76.2 Å². The summed E-state index contributed by atoms with van der Waals surface area (Å²) in [6, 6.07) is 0. The molecule has 0 amide bonds. The van der Waals surface area contributed by atoms with Crippen LogP contribution in [0.25, 0.3) is 0 Å². The van der Waals surface area contributed by atoms with Crippen LogP contribution in [0.1, 0.15) is 26.7 Å². The summed E-state index contributed by atoms with van der Waals surface area (Å²) in [5, 5.41) is 0. The zero-order valence-electron chi connectivity index (χ0n) is 7.90. The van der Waals surface area contributed by atoms with Crippen LogP contribution in [0.2, 0.25) is 0 Å². The summed E-state index contributed by atoms with van der Waals surface area (Å²) in [5.41, 5.74) is 5.22. The van der Waals surface area contributed by atoms with Gasteiger partial charge < -0.3 is 10.5 Å². The first-order valence-electron chi connectivity index (χ1n) is 4.30. The Morgan fingerprint density at radius 2 is 1.85 bits per heavy atom. The van der Waals surface area contributed by atoms with Crippen molar-refractivity contribution < 1.29 is 17.9 Å². The molecule has 0 aliphatic carbocycles. The molecular weight excluding hydrogens is 183 g/mol. The van der Waals surface area contributed by atoms with E-state index in [-0.39, 0.29) is 6.10 Å². The number of hydrogen-bond donors (Lipinski definition) is 1. The highest BCUT2D eigenvalue weighted by Gasteiger charge is 2.37. The van der Waals surface area contributed by atoms with Gasteiger partial charge >= 0.3 is 6.18 Å². The third-order valence-corrected chi connectivity index (χ3v) is 1.71. The molecule has 0 aromatic heterocycles. The van der Waals surface area contributed by atoms with Crippen molar-refractivity contribution in [2.45, 2.75) is 45.1 Å². The van der Waals surface area contributed by atoms with Crippen LogP contribution in [-0.2, 0) is 4.74 Å². The molecule has 0 aromatic rings. The lowest BCUT2D eigenvalue weighted by atomic mass is 10.2. The highest BCUT2D eigenvalue weighted by atomic mass is 19.4. The standard InChI is InChI=1S/C8H16F3NO/c1-6(4-3-5-12)13-7(2)8(9,10)11/h6-7H,3-5,12H2,1-2H3. The average molecular weight is 199 g/mol. The predicted molar refractivity (Wildman–Crippen MR) is 44.4 cm³/mol. The van der Waals surface area contributed by atoms with Gasteiger partial charge in [0.05, 0.1) is 6.10 Å². The second-order valence-electron chi connectivity index (χ2n) is 3.06. The van der Waals surface area contributed by atoms with Crippen molar-refractivity contribution in [3.05, 3.63) is 0 Å². The van der Waals surface area contributed by atoms with Crippen molar-refractivity contribution in [2.24, 2.45) is 5.73 Å². The Morgan fingerprint density at radius 1 is 1.31 bits per heavy atom. The largest absolute Gasteiger partial charge is 0.414 e. The van der Waals surface area contributed by atoms with E-state index in [0.29, 0.717) is 19.4 Å². The first kappa shape index (κ1) is 12.7. The van der Waals surface area contributed by atoms with Gasteiger partial charge in [0.1, 0.15) is 0 Å². The molecule has 0 saturated heterocycles. The van der Waals surface area contributed by atoms with E-state index in [0.717, 1.165) is 6.92 Å². The maximum atomic E-state index is 12.0. The molecule has 0 bridgehead atoms. The van der Waals surface area contributed by atoms with Crippen LogP contribution < -0.4 is 5.73 Å². The summed E-state index contributed by atoms with van der Waals surface area (Å²) < 4.78 is 40.7. The van der Waals surface area contributed by atoms with E-state index in [9.17, 15) is 13.2 Å². The summed E-state index contributed by atoms with van der Waals surface area (Å²) in [6.45, 7) is 3.12. The Hall–Kier alpha value is -0.290. The van der Waals surface area contributed by atoms with Crippen LogP contribution in [-0.4, -0.2) is 24.9 Å². The molecule has 80 valence electrons. The molecular formula is C8H16F3NO. The monoisotopic (exact) mass is 199 g/mol. The maximum absolute atomic E-state index is 12.0. The SMILES string of the molecule is CC(CCCN)OC(C)C(F)(F)F. The summed E-state index contributed by atoms with van der Waals surface area (Å²) >= 11 is 0. The highest BCUT2D eigenvalue weighted by molar-refractivity contribution is 4.63. The van der Waals surface area contributed by atoms with E-state index in [4.69, 9.17) is 10.5 Å². The van der Waals surface area contributed by atoms with Crippen LogP contribution in [0, 0.1) is 0 Å². The van der Waals surface area contributed by atoms with E-state index in [1.807, 2.05) is 0 Å². The lowest BCUT2D eigenvalue weighted by molar-refractivity contribution is -0.225. The second-order valence-corrected chi connectivity index (χ2v) is 3.06. The fraction of sp³-hybridized carbons (Fsp3) is 1.00. The Bertz CT molecular complexity index is 138. The molecule has 2 nitrogen and oxygen atoms in total. The van der Waals surface area contributed by atoms with Gasteiger partial charge in [0.15, 0.2) is 6.10 Å². The summed E-state index contributed by atoms with van der Waals surface area (Å²) in [4.78, 5) is 0. The quantitative estimate of drug-likeness (QED) is 0.735. The zero-order valence-corrected chi connectivity index (χ0v) is 7.90. The van der Waals surface area contributed by atoms with E-state index in [1.165, 1.54) is 0 Å². The Kier molecular flexibility index (Phi) is 5.32. The molecule has 0 radical (unpaired) electrons. The number of nitrogens with two attached hydrogens (primary N) is 1. The lowest BCUT2D eigenvalue weighted by Gasteiger charge is -2.21. The average Bonchev–Trinajstić information content (AvgIpc) is 1.99. The van der Waals surface area contributed by atoms with E-state index < -0.39 is 12.3 Å². The van der Waals surface area contributed by atoms with Gasteiger partial charge in [-0.3, -0.25) is 0 Å². The third-order valence-electron chi connectivity index (χ3n) is 1.71. The smallest absolute Gasteiger partial charge is 0.366 e. The molecule has 0 aliphatic heterocycles. The van der Waals surface area contributed by atoms with Crippen molar-refractivity contribution in [1.82, 2.24) is 0 Å². The second kappa shape index (κ2) is 5.44. The molecule has 5 heteroatoms. The molecule has 0 heterocycles. The van der Waals surface area contributed by atoms with Gasteiger partial charge in [-0.15, -0.1) is 0 Å². The summed E-state index contributed by atoms with van der Waals surface area (Å²) in [7, 11) is 0. The Morgan fingerprint density at radius 3 is 2.23 bits per heavy atom. The van der Waals surface area contributed by atoms with Crippen LogP contribution >= 0.6 is 0 Å². The first-order valence-corrected chi connectivity index (χ1v) is 4.30. The summed E-state index contributed by atoms with van der Waals surface area (Å²) in [5.74, 6) is 0. The number of hydrogen-bond acceptors (Lipinski definition) is 2. The fourth-order valence-electron chi connectivity index (χ4n) is 0.899. The lowest BCUT2D eigenvalue weighted by Crippen LogP contribution is -2.31. The molecule has 2 unspecified atom stereocenters. The van der Waals surface area contributed by atoms with Gasteiger partial charge in [0.25, 0.3) is 0 Å².